The van der Waals surface area contributed by atoms with Crippen molar-refractivity contribution in [1.29, 1.82) is 5.26 Å². The highest BCUT2D eigenvalue weighted by atomic mass is 28.4. The number of carbonyl (C=O) groups is 1. The van der Waals surface area contributed by atoms with E-state index in [4.69, 9.17) is 49.6 Å². The van der Waals surface area contributed by atoms with E-state index in [1.807, 2.05) is 89.5 Å². The molecule has 8 rings (SSSR count). The van der Waals surface area contributed by atoms with E-state index >= 15 is 0 Å². The summed E-state index contributed by atoms with van der Waals surface area (Å²) in [5, 5.41) is 10.6. The quantitative estimate of drug-likeness (QED) is 0.0291. The number of hydrogen-bond acceptors (Lipinski definition) is 14. The lowest BCUT2D eigenvalue weighted by atomic mass is 9.80. The molecule has 72 heavy (non-hydrogen) atoms. The summed E-state index contributed by atoms with van der Waals surface area (Å²) in [4.78, 5) is 26.2. The van der Waals surface area contributed by atoms with Crippen molar-refractivity contribution in [3.63, 3.8) is 0 Å². The minimum Gasteiger partial charge on any atom is -0.497 e. The van der Waals surface area contributed by atoms with Crippen molar-refractivity contribution in [3.8, 4) is 17.6 Å². The number of esters is 1. The third-order valence-electron chi connectivity index (χ3n) is 13.3. The first-order chi connectivity index (χ1) is 34.9. The zero-order valence-electron chi connectivity index (χ0n) is 41.4. The van der Waals surface area contributed by atoms with Gasteiger partial charge in [0.05, 0.1) is 39.6 Å². The summed E-state index contributed by atoms with van der Waals surface area (Å²) in [6, 6.07) is 48.0. The molecule has 4 N–H and O–H groups in total. The molecule has 3 unspecified atom stereocenters. The molecule has 5 atom stereocenters. The van der Waals surface area contributed by atoms with E-state index in [1.165, 1.54) is 6.33 Å². The summed E-state index contributed by atoms with van der Waals surface area (Å²) in [7, 11) is -0.0688. The average molecular weight is 990 g/mol. The fourth-order valence-electron chi connectivity index (χ4n) is 9.73. The highest BCUT2D eigenvalue weighted by molar-refractivity contribution is 6.99. The number of rotatable bonds is 22. The van der Waals surface area contributed by atoms with Crippen LogP contribution in [0.25, 0.3) is 11.2 Å². The molecule has 0 amide bonds. The first-order valence-electron chi connectivity index (χ1n) is 24.2. The van der Waals surface area contributed by atoms with E-state index in [9.17, 15) is 4.79 Å². The Kier molecular flexibility index (Phi) is 16.5. The van der Waals surface area contributed by atoms with Gasteiger partial charge in [0.25, 0.3) is 8.32 Å². The van der Waals surface area contributed by atoms with Crippen LogP contribution in [0.2, 0.25) is 5.04 Å². The molecular weight excluding hydrogens is 927 g/mol. The third-order valence-corrected chi connectivity index (χ3v) is 18.3. The number of ether oxygens (including phenoxy) is 6. The molecule has 16 heteroatoms. The molecule has 1 aliphatic heterocycles. The average Bonchev–Trinajstić information content (AvgIpc) is 4.00. The molecule has 0 radical (unpaired) electrons. The van der Waals surface area contributed by atoms with Crippen molar-refractivity contribution in [2.75, 3.05) is 39.8 Å². The molecule has 5 aromatic carbocycles. The number of methoxy groups -OCH3 is 2. The molecular formula is C56H63N7O8Si. The second-order valence-electron chi connectivity index (χ2n) is 18.7. The van der Waals surface area contributed by atoms with Gasteiger partial charge in [-0.2, -0.15) is 5.26 Å². The van der Waals surface area contributed by atoms with Gasteiger partial charge in [-0.1, -0.05) is 136 Å². The van der Waals surface area contributed by atoms with E-state index in [-0.39, 0.29) is 32.1 Å². The molecule has 0 saturated carbocycles. The Hall–Kier alpha value is -6.97. The van der Waals surface area contributed by atoms with Crippen LogP contribution in [-0.2, 0) is 33.8 Å². The smallest absolute Gasteiger partial charge is 0.322 e. The first kappa shape index (κ1) is 51.4. The van der Waals surface area contributed by atoms with Crippen LogP contribution in [0.1, 0.15) is 69.4 Å². The van der Waals surface area contributed by atoms with Crippen LogP contribution in [0.15, 0.2) is 152 Å². The Morgan fingerprint density at radius 1 is 0.764 bits per heavy atom. The molecule has 7 aromatic rings. The fraction of sp³-hybridized carbons (Fsp3) is 0.339. The highest BCUT2D eigenvalue weighted by Gasteiger charge is 2.58. The molecule has 1 fully saturated rings. The van der Waals surface area contributed by atoms with Crippen molar-refractivity contribution in [1.82, 2.24) is 19.5 Å². The maximum absolute atomic E-state index is 12.6. The maximum Gasteiger partial charge on any atom is 0.322 e. The van der Waals surface area contributed by atoms with Gasteiger partial charge < -0.3 is 44.3 Å². The lowest BCUT2D eigenvalue weighted by molar-refractivity contribution is -0.145. The van der Waals surface area contributed by atoms with Crippen LogP contribution in [-0.4, -0.2) is 92.2 Å². The van der Waals surface area contributed by atoms with Crippen LogP contribution in [0.4, 0.5) is 5.82 Å². The number of benzene rings is 5. The molecule has 0 spiro atoms. The lowest BCUT2D eigenvalue weighted by Gasteiger charge is -2.46. The van der Waals surface area contributed by atoms with Gasteiger partial charge in [-0.05, 0) is 75.6 Å². The summed E-state index contributed by atoms with van der Waals surface area (Å²) < 4.78 is 48.6. The molecule has 0 bridgehead atoms. The standard InChI is InChI=1S/C56H63N7O8Si/c1-55(2,3)72(44-20-11-7-12-21-44,45-22-13-8-14-23-45)71-49-47(36-69-56(39-18-9-6-10-19-39,40-25-29-42(65-4)30-26-40)41-27-31-43(66-5)32-28-41)70-53(63-38-62-48-51(59)60-37-61-52(48)63)50(49)67-34-16-15-24-46(58)54(64)68-35-17-33-57/h6-14,18-23,25-32,37-38,46-47,49-50,53H,15-17,24,34-36,58H2,1-5H3,(H2,59,60,61)/t46?,47-,49?,50?,53-/m1/s1. The number of fused-ring (bicyclic) bond motifs is 1. The Bertz CT molecular complexity index is 2790. The summed E-state index contributed by atoms with van der Waals surface area (Å²) in [5.74, 6) is 1.08. The molecule has 374 valence electrons. The number of anilines is 1. The van der Waals surface area contributed by atoms with Crippen LogP contribution in [0, 0.1) is 11.3 Å². The number of nitrogens with two attached hydrogens (primary N) is 2. The van der Waals surface area contributed by atoms with Crippen LogP contribution in [0.5, 0.6) is 11.5 Å². The number of carbonyl (C=O) groups excluding carboxylic acids is 1. The number of nitriles is 1. The van der Waals surface area contributed by atoms with E-state index in [2.05, 4.69) is 96.4 Å². The number of unbranched alkanes of at least 4 members (excludes halogenated alkanes) is 1. The predicted octanol–water partition coefficient (Wildman–Crippen LogP) is 7.62. The number of imidazole rings is 1. The Labute approximate surface area is 422 Å². The molecule has 15 nitrogen and oxygen atoms in total. The van der Waals surface area contributed by atoms with Crippen molar-refractivity contribution in [2.45, 2.75) is 87.7 Å². The SMILES string of the molecule is COc1ccc(C(OC[C@H]2O[C@@H](n3cnc4c(N)ncnc43)C(OCCCCC(N)C(=O)OCCC#N)C2O[Si](c2ccccc2)(c2ccccc2)C(C)(C)C)(c2ccccc2)c2ccc(OC)cc2)cc1. The second-order valence-corrected chi connectivity index (χ2v) is 23.0. The van der Waals surface area contributed by atoms with Gasteiger partial charge in [0, 0.05) is 6.61 Å². The van der Waals surface area contributed by atoms with Crippen molar-refractivity contribution in [3.05, 3.63) is 169 Å². The lowest BCUT2D eigenvalue weighted by Crippen LogP contribution is -2.69. The second kappa shape index (κ2) is 23.1. The molecule has 1 saturated heterocycles. The van der Waals surface area contributed by atoms with Crippen LogP contribution in [0.3, 0.4) is 0 Å². The van der Waals surface area contributed by atoms with Gasteiger partial charge in [0.1, 0.15) is 59.9 Å². The minimum atomic E-state index is -3.36. The zero-order valence-corrected chi connectivity index (χ0v) is 42.4. The zero-order chi connectivity index (χ0) is 50.7. The number of hydrogen-bond donors (Lipinski definition) is 2. The fourth-order valence-corrected chi connectivity index (χ4v) is 14.4. The third kappa shape index (κ3) is 10.6. The monoisotopic (exact) mass is 989 g/mol. The maximum atomic E-state index is 12.6. The summed E-state index contributed by atoms with van der Waals surface area (Å²) in [6.45, 7) is 6.97. The van der Waals surface area contributed by atoms with Gasteiger partial charge in [-0.15, -0.1) is 0 Å². The van der Waals surface area contributed by atoms with Gasteiger partial charge in [0.2, 0.25) is 0 Å². The summed E-state index contributed by atoms with van der Waals surface area (Å²) >= 11 is 0. The van der Waals surface area contributed by atoms with Gasteiger partial charge >= 0.3 is 5.97 Å². The van der Waals surface area contributed by atoms with Crippen molar-refractivity contribution < 1.29 is 37.6 Å². The Morgan fingerprint density at radius 3 is 1.89 bits per heavy atom. The van der Waals surface area contributed by atoms with E-state index in [1.54, 1.807) is 20.5 Å². The van der Waals surface area contributed by atoms with Gasteiger partial charge in [-0.25, -0.2) is 15.0 Å². The van der Waals surface area contributed by atoms with E-state index < -0.39 is 55.5 Å². The number of nitrogens with zero attached hydrogens (tertiary/aromatic N) is 5. The van der Waals surface area contributed by atoms with Crippen LogP contribution < -0.4 is 31.3 Å². The minimum absolute atomic E-state index is 0.00101. The molecule has 2 aromatic heterocycles. The van der Waals surface area contributed by atoms with Crippen molar-refractivity contribution >= 4 is 41.6 Å². The number of aromatic nitrogens is 4. The molecule has 3 heterocycles. The Balaban J connectivity index is 1.27. The topological polar surface area (TPSA) is 201 Å². The largest absolute Gasteiger partial charge is 0.497 e. The summed E-state index contributed by atoms with van der Waals surface area (Å²) in [6.07, 6.45) is 1.41. The molecule has 1 aliphatic rings. The van der Waals surface area contributed by atoms with Gasteiger partial charge in [0.15, 0.2) is 17.7 Å². The predicted molar refractivity (Wildman–Crippen MR) is 277 cm³/mol. The molecule has 0 aliphatic carbocycles. The van der Waals surface area contributed by atoms with Gasteiger partial charge in [-0.3, -0.25) is 9.36 Å². The normalized spacial score (nSPS) is 17.6. The van der Waals surface area contributed by atoms with Crippen LogP contribution >= 0.6 is 0 Å². The Morgan fingerprint density at radius 2 is 1.33 bits per heavy atom. The van der Waals surface area contributed by atoms with Crippen molar-refractivity contribution in [2.24, 2.45) is 5.73 Å². The summed E-state index contributed by atoms with van der Waals surface area (Å²) in [5.41, 5.74) is 14.9. The number of nitrogen functional groups attached to an aromatic ring is 1. The van der Waals surface area contributed by atoms with E-state index in [0.717, 1.165) is 27.1 Å². The van der Waals surface area contributed by atoms with E-state index in [0.29, 0.717) is 41.9 Å². The highest BCUT2D eigenvalue weighted by Crippen LogP contribution is 2.46. The first-order valence-corrected chi connectivity index (χ1v) is 26.1.